The molecule has 14 heteroatoms. The van der Waals surface area contributed by atoms with Gasteiger partial charge in [-0.05, 0) is 40.7 Å². The number of fused-ring (bicyclic) bond motifs is 1. The Morgan fingerprint density at radius 3 is 2.28 bits per heavy atom. The third-order valence-electron chi connectivity index (χ3n) is 7.11. The van der Waals surface area contributed by atoms with E-state index in [4.69, 9.17) is 37.4 Å². The maximum absolute atomic E-state index is 14.2. The fourth-order valence-electron chi connectivity index (χ4n) is 4.77. The number of pyridine rings is 1. The van der Waals surface area contributed by atoms with Crippen molar-refractivity contribution < 1.29 is 23.7 Å². The van der Waals surface area contributed by atoms with Crippen molar-refractivity contribution in [2.75, 3.05) is 52.3 Å². The topological polar surface area (TPSA) is 131 Å². The van der Waals surface area contributed by atoms with Crippen molar-refractivity contribution in [3.8, 4) is 22.6 Å². The van der Waals surface area contributed by atoms with Crippen molar-refractivity contribution in [1.29, 1.82) is 0 Å². The highest BCUT2D eigenvalue weighted by Crippen LogP contribution is 2.45. The number of nitrogens with zero attached hydrogens (tertiary/aromatic N) is 5. The Kier molecular flexibility index (Phi) is 9.65. The highest BCUT2D eigenvalue weighted by Gasteiger charge is 2.41. The van der Waals surface area contributed by atoms with Crippen molar-refractivity contribution in [3.05, 3.63) is 43.9 Å². The summed E-state index contributed by atoms with van der Waals surface area (Å²) < 4.78 is 17.6. The lowest BCUT2D eigenvalue weighted by molar-refractivity contribution is -0.892. The number of likely N-dealkylation sites (N-methyl/N-ethyl adjacent to an activating group) is 1. The van der Waals surface area contributed by atoms with Crippen LogP contribution in [0.3, 0.4) is 0 Å². The SMILES string of the molecule is CCOc1cc(OCC)c(Cl)c(-c2cc3cnc(NC)nc3n(CC[N+](C)([O-])C3CN(C(=O)OC(C)(C)C)C3)c2=O)c1Cl. The molecule has 12 nitrogen and oxygen atoms in total. The summed E-state index contributed by atoms with van der Waals surface area (Å²) in [5, 5.41) is 17.4. The highest BCUT2D eigenvalue weighted by molar-refractivity contribution is 6.41. The van der Waals surface area contributed by atoms with Crippen LogP contribution in [0.4, 0.5) is 10.7 Å². The largest absolute Gasteiger partial charge is 0.633 e. The molecule has 1 saturated heterocycles. The van der Waals surface area contributed by atoms with E-state index in [1.807, 2.05) is 13.8 Å². The molecule has 1 aliphatic heterocycles. The second kappa shape index (κ2) is 12.7. The number of ether oxygens (including phenoxy) is 3. The fraction of sp³-hybridized carbons (Fsp3) is 0.517. The molecule has 0 saturated carbocycles. The molecule has 43 heavy (non-hydrogen) atoms. The number of carbonyl (C=O) groups excluding carboxylic acids is 1. The molecule has 1 fully saturated rings. The minimum Gasteiger partial charge on any atom is -0.633 e. The average Bonchev–Trinajstić information content (AvgIpc) is 2.89. The zero-order valence-corrected chi connectivity index (χ0v) is 27.0. The minimum atomic E-state index is -0.669. The molecule has 4 rings (SSSR count). The summed E-state index contributed by atoms with van der Waals surface area (Å²) in [6, 6.07) is 2.85. The molecule has 1 N–H and O–H groups in total. The summed E-state index contributed by atoms with van der Waals surface area (Å²) >= 11 is 13.5. The number of benzene rings is 1. The van der Waals surface area contributed by atoms with Gasteiger partial charge in [0.15, 0.2) is 0 Å². The van der Waals surface area contributed by atoms with Crippen LogP contribution in [0.1, 0.15) is 34.6 Å². The Hall–Kier alpha value is -3.32. The fourth-order valence-corrected chi connectivity index (χ4v) is 5.43. The van der Waals surface area contributed by atoms with E-state index < -0.39 is 21.9 Å². The zero-order chi connectivity index (χ0) is 31.7. The lowest BCUT2D eigenvalue weighted by atomic mass is 10.0. The van der Waals surface area contributed by atoms with Crippen molar-refractivity contribution in [2.24, 2.45) is 0 Å². The Bertz CT molecular complexity index is 1540. The van der Waals surface area contributed by atoms with E-state index in [0.717, 1.165) is 0 Å². The molecular weight excluding hydrogens is 599 g/mol. The van der Waals surface area contributed by atoms with E-state index in [1.54, 1.807) is 46.1 Å². The quantitative estimate of drug-likeness (QED) is 0.236. The number of likely N-dealkylation sites (tertiary alicyclic amines) is 1. The molecule has 0 radical (unpaired) electrons. The van der Waals surface area contributed by atoms with Crippen LogP contribution < -0.4 is 20.3 Å². The first-order valence-electron chi connectivity index (χ1n) is 14.1. The number of carbonyl (C=O) groups is 1. The van der Waals surface area contributed by atoms with E-state index in [-0.39, 0.29) is 53.4 Å². The van der Waals surface area contributed by atoms with Gasteiger partial charge < -0.3 is 29.4 Å². The van der Waals surface area contributed by atoms with Crippen LogP contribution in [0.15, 0.2) is 23.1 Å². The van der Waals surface area contributed by atoms with Gasteiger partial charge in [-0.15, -0.1) is 0 Å². The summed E-state index contributed by atoms with van der Waals surface area (Å²) in [5.74, 6) is 0.958. The first-order chi connectivity index (χ1) is 20.2. The monoisotopic (exact) mass is 636 g/mol. The third kappa shape index (κ3) is 6.93. The number of hydrogen-bond acceptors (Lipinski definition) is 9. The molecule has 3 aromatic rings. The first kappa shape index (κ1) is 32.6. The standard InChI is InChI=1S/C29H38Cl2N6O6/c1-8-41-20-13-21(42-9-2)24(31)22(23(20)30)19-12-17-14-33-27(32-6)34-25(17)36(26(19)38)10-11-37(7,40)18-15-35(16-18)28(39)43-29(3,4)5/h12-14,18H,8-11,15-16H2,1-7H3,(H,32,33,34). The van der Waals surface area contributed by atoms with Crippen LogP contribution in [0, 0.1) is 5.21 Å². The van der Waals surface area contributed by atoms with Gasteiger partial charge in [0.25, 0.3) is 5.56 Å². The molecule has 1 amide bonds. The number of nitrogens with one attached hydrogen (secondary N) is 1. The minimum absolute atomic E-state index is 0.0327. The normalized spacial score (nSPS) is 15.2. The smallest absolute Gasteiger partial charge is 0.410 e. The molecule has 1 atom stereocenters. The Balaban J connectivity index is 1.74. The molecule has 0 spiro atoms. The average molecular weight is 638 g/mol. The molecule has 1 aliphatic rings. The maximum Gasteiger partial charge on any atom is 0.410 e. The van der Waals surface area contributed by atoms with Gasteiger partial charge in [-0.2, -0.15) is 4.98 Å². The predicted molar refractivity (Wildman–Crippen MR) is 167 cm³/mol. The number of hydrogen-bond donors (Lipinski definition) is 1. The van der Waals surface area contributed by atoms with Crippen molar-refractivity contribution in [1.82, 2.24) is 19.4 Å². The molecule has 3 heterocycles. The van der Waals surface area contributed by atoms with E-state index >= 15 is 0 Å². The molecule has 234 valence electrons. The van der Waals surface area contributed by atoms with Gasteiger partial charge in [0.2, 0.25) is 5.95 Å². The molecule has 2 aromatic heterocycles. The Labute approximate surface area is 260 Å². The van der Waals surface area contributed by atoms with E-state index in [0.29, 0.717) is 41.7 Å². The Morgan fingerprint density at radius 1 is 1.14 bits per heavy atom. The highest BCUT2D eigenvalue weighted by atomic mass is 35.5. The van der Waals surface area contributed by atoms with Crippen LogP contribution >= 0.6 is 23.2 Å². The number of aromatic nitrogens is 3. The summed E-state index contributed by atoms with van der Waals surface area (Å²) in [5.41, 5.74) is -0.295. The second-order valence-corrected chi connectivity index (χ2v) is 12.2. The van der Waals surface area contributed by atoms with Crippen LogP contribution in [0.2, 0.25) is 10.0 Å². The lowest BCUT2D eigenvalue weighted by Crippen LogP contribution is -2.67. The molecule has 0 aliphatic carbocycles. The van der Waals surface area contributed by atoms with Gasteiger partial charge in [-0.25, -0.2) is 9.78 Å². The van der Waals surface area contributed by atoms with Gasteiger partial charge >= 0.3 is 6.09 Å². The van der Waals surface area contributed by atoms with Crippen LogP contribution in [0.5, 0.6) is 11.5 Å². The number of rotatable bonds is 10. The number of halogens is 2. The number of anilines is 1. The molecule has 0 bridgehead atoms. The summed E-state index contributed by atoms with van der Waals surface area (Å²) in [6.07, 6.45) is 1.13. The second-order valence-electron chi connectivity index (χ2n) is 11.4. The van der Waals surface area contributed by atoms with E-state index in [1.165, 1.54) is 16.5 Å². The number of quaternary nitrogens is 1. The van der Waals surface area contributed by atoms with Crippen LogP contribution in [0.25, 0.3) is 22.2 Å². The predicted octanol–water partition coefficient (Wildman–Crippen LogP) is 5.17. The van der Waals surface area contributed by atoms with Gasteiger partial charge in [0.05, 0.1) is 62.0 Å². The third-order valence-corrected chi connectivity index (χ3v) is 7.86. The van der Waals surface area contributed by atoms with Crippen LogP contribution in [-0.2, 0) is 11.3 Å². The maximum atomic E-state index is 14.2. The summed E-state index contributed by atoms with van der Waals surface area (Å²) in [7, 11) is 3.21. The summed E-state index contributed by atoms with van der Waals surface area (Å²) in [6.45, 7) is 10.3. The van der Waals surface area contributed by atoms with Crippen LogP contribution in [-0.4, -0.2) is 88.8 Å². The van der Waals surface area contributed by atoms with Crippen molar-refractivity contribution in [3.63, 3.8) is 0 Å². The van der Waals surface area contributed by atoms with Gasteiger partial charge in [0, 0.05) is 30.3 Å². The molecule has 1 aromatic carbocycles. The zero-order valence-electron chi connectivity index (χ0n) is 25.5. The molecule has 1 unspecified atom stereocenters. The molecular formula is C29H38Cl2N6O6. The lowest BCUT2D eigenvalue weighted by Gasteiger charge is -2.53. The van der Waals surface area contributed by atoms with E-state index in [2.05, 4.69) is 15.3 Å². The Morgan fingerprint density at radius 2 is 1.74 bits per heavy atom. The first-order valence-corrected chi connectivity index (χ1v) is 14.9. The number of hydroxylamine groups is 3. The van der Waals surface area contributed by atoms with Gasteiger partial charge in [0.1, 0.15) is 28.8 Å². The van der Waals surface area contributed by atoms with E-state index in [9.17, 15) is 14.8 Å². The van der Waals surface area contributed by atoms with Crippen molar-refractivity contribution >= 4 is 46.3 Å². The van der Waals surface area contributed by atoms with Gasteiger partial charge in [-0.3, -0.25) is 14.3 Å². The number of amides is 1. The summed E-state index contributed by atoms with van der Waals surface area (Å²) in [4.78, 5) is 36.9. The van der Waals surface area contributed by atoms with Gasteiger partial charge in [-0.1, -0.05) is 23.2 Å². The van der Waals surface area contributed by atoms with Crippen molar-refractivity contribution in [2.45, 2.75) is 52.8 Å².